The van der Waals surface area contributed by atoms with E-state index in [0.717, 1.165) is 0 Å². The third kappa shape index (κ3) is 6.23. The number of rotatable bonds is 7. The summed E-state index contributed by atoms with van der Waals surface area (Å²) in [6.07, 6.45) is 1.29. The molecule has 3 rings (SSSR count). The standard InChI is InChI=1S/C23H15Cl2N3O5/c24-17-10-15(9-16(12-26)23(30)27-18-3-7-20(29)8-4-18)22(21(25)11-17)33-13-14-1-5-19(6-2-14)28(31)32/h1-11,29H,13H2,(H,27,30)/b16-9+. The van der Waals surface area contributed by atoms with Gasteiger partial charge in [0.15, 0.2) is 0 Å². The predicted molar refractivity (Wildman–Crippen MR) is 124 cm³/mol. The van der Waals surface area contributed by atoms with Crippen LogP contribution in [0.4, 0.5) is 11.4 Å². The van der Waals surface area contributed by atoms with E-state index in [1.165, 1.54) is 54.6 Å². The molecule has 0 saturated heterocycles. The van der Waals surface area contributed by atoms with Crippen molar-refractivity contribution >= 4 is 46.6 Å². The molecule has 1 amide bonds. The molecular weight excluding hydrogens is 469 g/mol. The maximum atomic E-state index is 12.6. The Balaban J connectivity index is 1.85. The fourth-order valence-corrected chi connectivity index (χ4v) is 3.32. The van der Waals surface area contributed by atoms with Gasteiger partial charge in [-0.05, 0) is 60.2 Å². The monoisotopic (exact) mass is 483 g/mol. The van der Waals surface area contributed by atoms with Crippen LogP contribution in [0.25, 0.3) is 6.08 Å². The lowest BCUT2D eigenvalue weighted by Gasteiger charge is -2.13. The zero-order valence-electron chi connectivity index (χ0n) is 16.8. The average Bonchev–Trinajstić information content (AvgIpc) is 2.78. The summed E-state index contributed by atoms with van der Waals surface area (Å²) >= 11 is 12.4. The molecule has 0 bridgehead atoms. The fraction of sp³-hybridized carbons (Fsp3) is 0.0435. The van der Waals surface area contributed by atoms with Crippen molar-refractivity contribution < 1.29 is 19.6 Å². The van der Waals surface area contributed by atoms with E-state index in [4.69, 9.17) is 27.9 Å². The maximum absolute atomic E-state index is 12.6. The lowest BCUT2D eigenvalue weighted by Crippen LogP contribution is -2.13. The summed E-state index contributed by atoms with van der Waals surface area (Å²) in [4.78, 5) is 22.8. The van der Waals surface area contributed by atoms with Gasteiger partial charge in [0, 0.05) is 28.4 Å². The van der Waals surface area contributed by atoms with Crippen LogP contribution in [-0.4, -0.2) is 15.9 Å². The normalized spacial score (nSPS) is 10.9. The van der Waals surface area contributed by atoms with E-state index in [2.05, 4.69) is 5.32 Å². The molecule has 0 saturated carbocycles. The van der Waals surface area contributed by atoms with Crippen molar-refractivity contribution in [3.8, 4) is 17.6 Å². The summed E-state index contributed by atoms with van der Waals surface area (Å²) < 4.78 is 5.79. The van der Waals surface area contributed by atoms with Crippen molar-refractivity contribution in [2.45, 2.75) is 6.61 Å². The summed E-state index contributed by atoms with van der Waals surface area (Å²) in [6, 6.07) is 16.3. The highest BCUT2D eigenvalue weighted by atomic mass is 35.5. The number of phenols is 1. The SMILES string of the molecule is N#C/C(=C\c1cc(Cl)cc(Cl)c1OCc1ccc([N+](=O)[O-])cc1)C(=O)Nc1ccc(O)cc1. The zero-order valence-corrected chi connectivity index (χ0v) is 18.3. The molecule has 2 N–H and O–H groups in total. The second kappa shape index (κ2) is 10.5. The number of phenolic OH excluding ortho intramolecular Hbond substituents is 1. The van der Waals surface area contributed by atoms with E-state index < -0.39 is 10.8 Å². The Hall–Kier alpha value is -4.06. The van der Waals surface area contributed by atoms with Gasteiger partial charge < -0.3 is 15.2 Å². The highest BCUT2D eigenvalue weighted by molar-refractivity contribution is 6.36. The average molecular weight is 484 g/mol. The van der Waals surface area contributed by atoms with E-state index in [1.54, 1.807) is 12.1 Å². The number of nitro benzene ring substituents is 1. The third-order valence-corrected chi connectivity index (χ3v) is 4.86. The predicted octanol–water partition coefficient (Wildman–Crippen LogP) is 5.73. The van der Waals surface area contributed by atoms with Crippen LogP contribution in [0.15, 0.2) is 66.2 Å². The van der Waals surface area contributed by atoms with Crippen LogP contribution in [0.2, 0.25) is 10.0 Å². The van der Waals surface area contributed by atoms with E-state index in [0.29, 0.717) is 16.8 Å². The molecule has 166 valence electrons. The largest absolute Gasteiger partial charge is 0.508 e. The van der Waals surface area contributed by atoms with Crippen molar-refractivity contribution in [2.24, 2.45) is 0 Å². The quantitative estimate of drug-likeness (QED) is 0.145. The molecule has 0 spiro atoms. The molecule has 0 aromatic heterocycles. The first kappa shape index (κ1) is 23.6. The molecule has 0 aliphatic carbocycles. The number of nitrogens with zero attached hydrogens (tertiary/aromatic N) is 2. The minimum atomic E-state index is -0.680. The van der Waals surface area contributed by atoms with E-state index in [9.17, 15) is 25.3 Å². The molecule has 8 nitrogen and oxygen atoms in total. The van der Waals surface area contributed by atoms with Crippen molar-refractivity contribution in [1.29, 1.82) is 5.26 Å². The van der Waals surface area contributed by atoms with Crippen molar-refractivity contribution in [2.75, 3.05) is 5.32 Å². The van der Waals surface area contributed by atoms with Gasteiger partial charge in [0.1, 0.15) is 29.7 Å². The van der Waals surface area contributed by atoms with Gasteiger partial charge in [-0.3, -0.25) is 14.9 Å². The number of nitro groups is 1. The Morgan fingerprint density at radius 1 is 1.15 bits per heavy atom. The first-order chi connectivity index (χ1) is 15.8. The number of ether oxygens (including phenoxy) is 1. The van der Waals surface area contributed by atoms with Crippen LogP contribution in [-0.2, 0) is 11.4 Å². The molecule has 3 aromatic carbocycles. The van der Waals surface area contributed by atoms with Crippen molar-refractivity contribution in [3.63, 3.8) is 0 Å². The van der Waals surface area contributed by atoms with Gasteiger partial charge in [-0.1, -0.05) is 23.2 Å². The highest BCUT2D eigenvalue weighted by Gasteiger charge is 2.15. The Morgan fingerprint density at radius 2 is 1.82 bits per heavy atom. The van der Waals surface area contributed by atoms with Gasteiger partial charge in [0.25, 0.3) is 11.6 Å². The second-order valence-corrected chi connectivity index (χ2v) is 7.53. The maximum Gasteiger partial charge on any atom is 0.269 e. The highest BCUT2D eigenvalue weighted by Crippen LogP contribution is 2.34. The van der Waals surface area contributed by atoms with Gasteiger partial charge in [-0.2, -0.15) is 5.26 Å². The number of hydrogen-bond acceptors (Lipinski definition) is 6. The number of halogens is 2. The Kier molecular flexibility index (Phi) is 7.51. The molecule has 33 heavy (non-hydrogen) atoms. The van der Waals surface area contributed by atoms with Crippen LogP contribution in [0.5, 0.6) is 11.5 Å². The number of aromatic hydroxyl groups is 1. The number of non-ortho nitro benzene ring substituents is 1. The van der Waals surface area contributed by atoms with Gasteiger partial charge in [-0.25, -0.2) is 0 Å². The van der Waals surface area contributed by atoms with E-state index in [-0.39, 0.29) is 39.4 Å². The van der Waals surface area contributed by atoms with Crippen LogP contribution < -0.4 is 10.1 Å². The lowest BCUT2D eigenvalue weighted by atomic mass is 10.1. The van der Waals surface area contributed by atoms with Gasteiger partial charge in [0.05, 0.1) is 9.95 Å². The molecular formula is C23H15Cl2N3O5. The van der Waals surface area contributed by atoms with E-state index >= 15 is 0 Å². The van der Waals surface area contributed by atoms with Crippen molar-refractivity contribution in [3.05, 3.63) is 97.5 Å². The Bertz CT molecular complexity index is 1270. The molecule has 10 heteroatoms. The van der Waals surface area contributed by atoms with Gasteiger partial charge in [-0.15, -0.1) is 0 Å². The number of benzene rings is 3. The zero-order chi connectivity index (χ0) is 24.0. The van der Waals surface area contributed by atoms with Gasteiger partial charge in [0.2, 0.25) is 0 Å². The fourth-order valence-electron chi connectivity index (χ4n) is 2.76. The molecule has 0 aliphatic rings. The molecule has 0 fully saturated rings. The number of carbonyl (C=O) groups is 1. The molecule has 0 heterocycles. The summed E-state index contributed by atoms with van der Waals surface area (Å²) in [7, 11) is 0. The Labute approximate surface area is 198 Å². The molecule has 0 aliphatic heterocycles. The topological polar surface area (TPSA) is 125 Å². The summed E-state index contributed by atoms with van der Waals surface area (Å²) in [5, 5.41) is 32.6. The molecule has 0 radical (unpaired) electrons. The lowest BCUT2D eigenvalue weighted by molar-refractivity contribution is -0.384. The Morgan fingerprint density at radius 3 is 2.42 bits per heavy atom. The third-order valence-electron chi connectivity index (χ3n) is 4.36. The van der Waals surface area contributed by atoms with Gasteiger partial charge >= 0.3 is 0 Å². The second-order valence-electron chi connectivity index (χ2n) is 6.69. The van der Waals surface area contributed by atoms with E-state index in [1.807, 2.05) is 6.07 Å². The minimum absolute atomic E-state index is 0.0295. The molecule has 0 unspecified atom stereocenters. The number of amides is 1. The number of hydrogen-bond donors (Lipinski definition) is 2. The minimum Gasteiger partial charge on any atom is -0.508 e. The number of nitrogens with one attached hydrogen (secondary N) is 1. The molecule has 3 aromatic rings. The van der Waals surface area contributed by atoms with Crippen LogP contribution in [0, 0.1) is 21.4 Å². The number of carbonyl (C=O) groups excluding carboxylic acids is 1. The smallest absolute Gasteiger partial charge is 0.269 e. The number of anilines is 1. The summed E-state index contributed by atoms with van der Waals surface area (Å²) in [5.41, 5.74) is 1.04. The van der Waals surface area contributed by atoms with Crippen molar-refractivity contribution in [1.82, 2.24) is 0 Å². The van der Waals surface area contributed by atoms with Crippen LogP contribution in [0.1, 0.15) is 11.1 Å². The molecule has 0 atom stereocenters. The number of nitriles is 1. The summed E-state index contributed by atoms with van der Waals surface area (Å²) in [5.74, 6) is -0.461. The van der Waals surface area contributed by atoms with Crippen LogP contribution in [0.3, 0.4) is 0 Å². The summed E-state index contributed by atoms with van der Waals surface area (Å²) in [6.45, 7) is 0.0295. The van der Waals surface area contributed by atoms with Crippen LogP contribution >= 0.6 is 23.2 Å². The first-order valence-corrected chi connectivity index (χ1v) is 10.1. The first-order valence-electron chi connectivity index (χ1n) is 9.34.